The second-order valence-corrected chi connectivity index (χ2v) is 6.74. The zero-order chi connectivity index (χ0) is 13.0. The Hall–Kier alpha value is -0.300. The van der Waals surface area contributed by atoms with Gasteiger partial charge in [0.15, 0.2) is 0 Å². The third kappa shape index (κ3) is 3.60. The maximum atomic E-state index is 3.61. The second kappa shape index (κ2) is 6.75. The first-order valence-electron chi connectivity index (χ1n) is 8.06. The standard InChI is InChI=1S/C17H31N/c1-13-9-10-16(11-14(13)2)17(18-3)12-15-7-5-4-6-8-15/h7,13-14,16-18H,4-6,8-12H2,1-3H3. The molecule has 0 saturated heterocycles. The minimum atomic E-state index is 0.726. The molecule has 2 aliphatic rings. The maximum absolute atomic E-state index is 3.61. The Morgan fingerprint density at radius 2 is 2.06 bits per heavy atom. The van der Waals surface area contributed by atoms with E-state index in [1.165, 1.54) is 51.4 Å². The Balaban J connectivity index is 1.89. The van der Waals surface area contributed by atoms with Gasteiger partial charge >= 0.3 is 0 Å². The van der Waals surface area contributed by atoms with E-state index in [0.29, 0.717) is 0 Å². The molecule has 104 valence electrons. The summed E-state index contributed by atoms with van der Waals surface area (Å²) in [5.41, 5.74) is 1.73. The highest BCUT2D eigenvalue weighted by Crippen LogP contribution is 2.37. The molecule has 2 rings (SSSR count). The van der Waals surface area contributed by atoms with Gasteiger partial charge in [0.1, 0.15) is 0 Å². The molecule has 4 atom stereocenters. The van der Waals surface area contributed by atoms with Crippen LogP contribution < -0.4 is 5.32 Å². The monoisotopic (exact) mass is 249 g/mol. The third-order valence-electron chi connectivity index (χ3n) is 5.45. The van der Waals surface area contributed by atoms with Gasteiger partial charge in [-0.05, 0) is 69.7 Å². The van der Waals surface area contributed by atoms with Crippen LogP contribution in [0.3, 0.4) is 0 Å². The smallest absolute Gasteiger partial charge is 0.0130 e. The van der Waals surface area contributed by atoms with Crippen LogP contribution in [0.15, 0.2) is 11.6 Å². The zero-order valence-corrected chi connectivity index (χ0v) is 12.5. The number of nitrogens with one attached hydrogen (secondary N) is 1. The molecule has 0 aliphatic heterocycles. The van der Waals surface area contributed by atoms with Crippen molar-refractivity contribution in [2.75, 3.05) is 7.05 Å². The first-order valence-corrected chi connectivity index (χ1v) is 8.06. The molecular weight excluding hydrogens is 218 g/mol. The van der Waals surface area contributed by atoms with Gasteiger partial charge in [0, 0.05) is 6.04 Å². The van der Waals surface area contributed by atoms with Crippen LogP contribution in [0.4, 0.5) is 0 Å². The van der Waals surface area contributed by atoms with Crippen LogP contribution in [-0.4, -0.2) is 13.1 Å². The van der Waals surface area contributed by atoms with Crippen LogP contribution in [0.25, 0.3) is 0 Å². The Kier molecular flexibility index (Phi) is 5.29. The Morgan fingerprint density at radius 3 is 2.67 bits per heavy atom. The van der Waals surface area contributed by atoms with Crippen LogP contribution >= 0.6 is 0 Å². The molecule has 0 spiro atoms. The average molecular weight is 249 g/mol. The predicted octanol–water partition coefficient (Wildman–Crippen LogP) is 4.54. The maximum Gasteiger partial charge on any atom is 0.0130 e. The van der Waals surface area contributed by atoms with E-state index in [1.54, 1.807) is 5.57 Å². The van der Waals surface area contributed by atoms with Crippen molar-refractivity contribution >= 4 is 0 Å². The molecule has 1 saturated carbocycles. The molecule has 0 heterocycles. The fourth-order valence-electron chi connectivity index (χ4n) is 3.83. The summed E-state index contributed by atoms with van der Waals surface area (Å²) in [6.45, 7) is 4.88. The normalized spacial score (nSPS) is 35.1. The summed E-state index contributed by atoms with van der Waals surface area (Å²) < 4.78 is 0. The van der Waals surface area contributed by atoms with E-state index in [4.69, 9.17) is 0 Å². The molecule has 0 aromatic rings. The summed E-state index contributed by atoms with van der Waals surface area (Å²) in [7, 11) is 2.16. The van der Waals surface area contributed by atoms with Crippen molar-refractivity contribution < 1.29 is 0 Å². The lowest BCUT2D eigenvalue weighted by Gasteiger charge is -2.37. The first-order chi connectivity index (χ1) is 8.70. The molecule has 0 aromatic heterocycles. The van der Waals surface area contributed by atoms with Crippen LogP contribution in [0.5, 0.6) is 0 Å². The van der Waals surface area contributed by atoms with Gasteiger partial charge in [-0.25, -0.2) is 0 Å². The summed E-state index contributed by atoms with van der Waals surface area (Å²) in [5, 5.41) is 3.61. The number of allylic oxidation sites excluding steroid dienone is 1. The van der Waals surface area contributed by atoms with Gasteiger partial charge in [0.25, 0.3) is 0 Å². The molecule has 18 heavy (non-hydrogen) atoms. The van der Waals surface area contributed by atoms with E-state index in [1.807, 2.05) is 0 Å². The topological polar surface area (TPSA) is 12.0 Å². The average Bonchev–Trinajstić information content (AvgIpc) is 2.40. The molecule has 0 amide bonds. The summed E-state index contributed by atoms with van der Waals surface area (Å²) in [6.07, 6.45) is 13.6. The lowest BCUT2D eigenvalue weighted by atomic mass is 9.72. The lowest BCUT2D eigenvalue weighted by molar-refractivity contribution is 0.173. The molecule has 0 aromatic carbocycles. The molecule has 4 unspecified atom stereocenters. The summed E-state index contributed by atoms with van der Waals surface area (Å²) in [6, 6.07) is 0.726. The number of hydrogen-bond donors (Lipinski definition) is 1. The summed E-state index contributed by atoms with van der Waals surface area (Å²) in [5.74, 6) is 2.76. The fourth-order valence-corrected chi connectivity index (χ4v) is 3.83. The van der Waals surface area contributed by atoms with E-state index in [0.717, 1.165) is 23.8 Å². The van der Waals surface area contributed by atoms with Crippen molar-refractivity contribution in [2.24, 2.45) is 17.8 Å². The third-order valence-corrected chi connectivity index (χ3v) is 5.45. The van der Waals surface area contributed by atoms with E-state index < -0.39 is 0 Å². The minimum absolute atomic E-state index is 0.726. The summed E-state index contributed by atoms with van der Waals surface area (Å²) >= 11 is 0. The highest BCUT2D eigenvalue weighted by molar-refractivity contribution is 5.08. The van der Waals surface area contributed by atoms with Gasteiger partial charge in [0.2, 0.25) is 0 Å². The zero-order valence-electron chi connectivity index (χ0n) is 12.5. The Morgan fingerprint density at radius 1 is 1.22 bits per heavy atom. The van der Waals surface area contributed by atoms with Gasteiger partial charge in [-0.1, -0.05) is 31.9 Å². The lowest BCUT2D eigenvalue weighted by Crippen LogP contribution is -2.38. The fraction of sp³-hybridized carbons (Fsp3) is 0.882. The first kappa shape index (κ1) is 14.1. The molecule has 1 N–H and O–H groups in total. The van der Waals surface area contributed by atoms with Gasteiger partial charge in [-0.3, -0.25) is 0 Å². The van der Waals surface area contributed by atoms with Gasteiger partial charge in [-0.2, -0.15) is 0 Å². The van der Waals surface area contributed by atoms with E-state index >= 15 is 0 Å². The van der Waals surface area contributed by atoms with Crippen molar-refractivity contribution in [3.05, 3.63) is 11.6 Å². The molecule has 0 bridgehead atoms. The molecule has 1 nitrogen and oxygen atoms in total. The van der Waals surface area contributed by atoms with Crippen molar-refractivity contribution in [3.63, 3.8) is 0 Å². The molecule has 2 aliphatic carbocycles. The molecule has 1 fully saturated rings. The van der Waals surface area contributed by atoms with Crippen molar-refractivity contribution in [2.45, 2.75) is 71.3 Å². The van der Waals surface area contributed by atoms with Crippen molar-refractivity contribution in [1.82, 2.24) is 5.32 Å². The van der Waals surface area contributed by atoms with E-state index in [-0.39, 0.29) is 0 Å². The van der Waals surface area contributed by atoms with Gasteiger partial charge in [-0.15, -0.1) is 0 Å². The Bertz CT molecular complexity index is 281. The minimum Gasteiger partial charge on any atom is -0.316 e. The largest absolute Gasteiger partial charge is 0.316 e. The van der Waals surface area contributed by atoms with E-state index in [2.05, 4.69) is 32.3 Å². The van der Waals surface area contributed by atoms with Gasteiger partial charge in [0.05, 0.1) is 0 Å². The highest BCUT2D eigenvalue weighted by Gasteiger charge is 2.29. The molecule has 0 radical (unpaired) electrons. The van der Waals surface area contributed by atoms with Gasteiger partial charge < -0.3 is 5.32 Å². The molecular formula is C17H31N. The van der Waals surface area contributed by atoms with E-state index in [9.17, 15) is 0 Å². The quantitative estimate of drug-likeness (QED) is 0.721. The molecule has 1 heteroatoms. The second-order valence-electron chi connectivity index (χ2n) is 6.74. The van der Waals surface area contributed by atoms with Crippen molar-refractivity contribution in [1.29, 1.82) is 0 Å². The predicted molar refractivity (Wildman–Crippen MR) is 79.7 cm³/mol. The summed E-state index contributed by atoms with van der Waals surface area (Å²) in [4.78, 5) is 0. The Labute approximate surface area is 113 Å². The number of hydrogen-bond acceptors (Lipinski definition) is 1. The van der Waals surface area contributed by atoms with Crippen LogP contribution in [0.2, 0.25) is 0 Å². The van der Waals surface area contributed by atoms with Crippen LogP contribution in [0, 0.1) is 17.8 Å². The number of rotatable bonds is 4. The highest BCUT2D eigenvalue weighted by atomic mass is 14.9. The SMILES string of the molecule is CNC(CC1=CCCCC1)C1CCC(C)C(C)C1. The van der Waals surface area contributed by atoms with Crippen molar-refractivity contribution in [3.8, 4) is 0 Å². The van der Waals surface area contributed by atoms with Crippen LogP contribution in [0.1, 0.15) is 65.2 Å². The van der Waals surface area contributed by atoms with Crippen LogP contribution in [-0.2, 0) is 0 Å².